The maximum Gasteiger partial charge on any atom is 0.355 e. The smallest absolute Gasteiger partial charge is 0.355 e. The van der Waals surface area contributed by atoms with Crippen LogP contribution in [0.4, 0.5) is 0 Å². The number of carbonyl (C=O) groups excluding carboxylic acids is 3. The molecule has 128 valence electrons. The monoisotopic (exact) mass is 369 g/mol. The van der Waals surface area contributed by atoms with Gasteiger partial charge in [-0.15, -0.1) is 11.3 Å². The molecule has 0 aromatic carbocycles. The number of hydrogen-bond donors (Lipinski definition) is 1. The lowest BCUT2D eigenvalue weighted by Gasteiger charge is -2.04. The van der Waals surface area contributed by atoms with Crippen molar-refractivity contribution in [2.24, 2.45) is 0 Å². The molecule has 8 heteroatoms. The van der Waals surface area contributed by atoms with E-state index in [4.69, 9.17) is 21.1 Å². The van der Waals surface area contributed by atoms with Crippen molar-refractivity contribution < 1.29 is 23.9 Å². The van der Waals surface area contributed by atoms with Crippen LogP contribution in [0.3, 0.4) is 0 Å². The van der Waals surface area contributed by atoms with Gasteiger partial charge in [0.1, 0.15) is 5.69 Å². The summed E-state index contributed by atoms with van der Waals surface area (Å²) in [5.41, 5.74) is 1.38. The highest BCUT2D eigenvalue weighted by Crippen LogP contribution is 2.22. The van der Waals surface area contributed by atoms with E-state index in [1.807, 2.05) is 0 Å². The van der Waals surface area contributed by atoms with Crippen molar-refractivity contribution in [2.75, 3.05) is 13.2 Å². The predicted octanol–water partition coefficient (Wildman–Crippen LogP) is 3.56. The highest BCUT2D eigenvalue weighted by molar-refractivity contribution is 7.18. The van der Waals surface area contributed by atoms with Gasteiger partial charge in [-0.2, -0.15) is 0 Å². The number of nitrogens with one attached hydrogen (secondary N) is 1. The second-order valence-corrected chi connectivity index (χ2v) is 6.66. The SMILES string of the molecule is CCOC(=O)c1c(C)[nH]c(C(=O)OCC(=O)c2ccc(Cl)s2)c1C. The Morgan fingerprint density at radius 2 is 1.88 bits per heavy atom. The zero-order valence-electron chi connectivity index (χ0n) is 13.4. The summed E-state index contributed by atoms with van der Waals surface area (Å²) in [7, 11) is 0. The van der Waals surface area contributed by atoms with Crippen molar-refractivity contribution in [3.8, 4) is 0 Å². The Balaban J connectivity index is 2.09. The van der Waals surface area contributed by atoms with E-state index in [2.05, 4.69) is 4.98 Å². The number of ether oxygens (including phenoxy) is 2. The molecule has 2 rings (SSSR count). The molecule has 2 heterocycles. The van der Waals surface area contributed by atoms with Crippen LogP contribution >= 0.6 is 22.9 Å². The highest BCUT2D eigenvalue weighted by atomic mass is 35.5. The van der Waals surface area contributed by atoms with Gasteiger partial charge in [-0.3, -0.25) is 4.79 Å². The van der Waals surface area contributed by atoms with E-state index in [9.17, 15) is 14.4 Å². The molecular formula is C16H16ClNO5S. The zero-order valence-corrected chi connectivity index (χ0v) is 15.0. The van der Waals surface area contributed by atoms with Gasteiger partial charge in [-0.05, 0) is 38.5 Å². The molecule has 0 saturated carbocycles. The Hall–Kier alpha value is -2.12. The van der Waals surface area contributed by atoms with Crippen molar-refractivity contribution in [1.82, 2.24) is 4.98 Å². The molecule has 0 bridgehead atoms. The molecule has 0 aliphatic rings. The lowest BCUT2D eigenvalue weighted by molar-refractivity contribution is 0.0469. The van der Waals surface area contributed by atoms with E-state index in [1.54, 1.807) is 32.9 Å². The quantitative estimate of drug-likeness (QED) is 0.621. The summed E-state index contributed by atoms with van der Waals surface area (Å²) in [5, 5.41) is 0. The molecule has 0 amide bonds. The van der Waals surface area contributed by atoms with Gasteiger partial charge >= 0.3 is 11.9 Å². The van der Waals surface area contributed by atoms with Gasteiger partial charge in [0.05, 0.1) is 21.4 Å². The highest BCUT2D eigenvalue weighted by Gasteiger charge is 2.24. The van der Waals surface area contributed by atoms with Gasteiger partial charge in [0.25, 0.3) is 0 Å². The van der Waals surface area contributed by atoms with Crippen LogP contribution in [0.15, 0.2) is 12.1 Å². The third kappa shape index (κ3) is 3.85. The van der Waals surface area contributed by atoms with Crippen LogP contribution in [0, 0.1) is 13.8 Å². The average molecular weight is 370 g/mol. The number of carbonyl (C=O) groups is 3. The first-order chi connectivity index (χ1) is 11.3. The van der Waals surface area contributed by atoms with E-state index in [0.717, 1.165) is 11.3 Å². The fourth-order valence-corrected chi connectivity index (χ4v) is 3.17. The third-order valence-electron chi connectivity index (χ3n) is 3.30. The molecule has 1 N–H and O–H groups in total. The average Bonchev–Trinajstić information content (AvgIpc) is 3.08. The summed E-state index contributed by atoms with van der Waals surface area (Å²) in [6.45, 7) is 4.82. The fraction of sp³-hybridized carbons (Fsp3) is 0.312. The second-order valence-electron chi connectivity index (χ2n) is 4.95. The first-order valence-corrected chi connectivity index (χ1v) is 8.36. The van der Waals surface area contributed by atoms with E-state index in [0.29, 0.717) is 26.0 Å². The predicted molar refractivity (Wildman–Crippen MR) is 90.2 cm³/mol. The zero-order chi connectivity index (χ0) is 17.9. The van der Waals surface area contributed by atoms with Gasteiger partial charge in [0.2, 0.25) is 5.78 Å². The minimum absolute atomic E-state index is 0.132. The molecule has 0 aliphatic carbocycles. The number of halogens is 1. The van der Waals surface area contributed by atoms with Crippen LogP contribution in [-0.4, -0.2) is 35.9 Å². The number of hydrogen-bond acceptors (Lipinski definition) is 6. The summed E-state index contributed by atoms with van der Waals surface area (Å²) in [5.74, 6) is -1.55. The Morgan fingerprint density at radius 1 is 1.17 bits per heavy atom. The number of aromatic nitrogens is 1. The van der Waals surface area contributed by atoms with E-state index < -0.39 is 18.5 Å². The van der Waals surface area contributed by atoms with Crippen LogP contribution in [0.25, 0.3) is 0 Å². The fourth-order valence-electron chi connectivity index (χ4n) is 2.20. The molecule has 2 aromatic heterocycles. The third-order valence-corrected chi connectivity index (χ3v) is 4.58. The molecule has 2 aromatic rings. The topological polar surface area (TPSA) is 85.5 Å². The molecular weight excluding hydrogens is 354 g/mol. The van der Waals surface area contributed by atoms with Crippen molar-refractivity contribution in [3.63, 3.8) is 0 Å². The summed E-state index contributed by atoms with van der Waals surface area (Å²) >= 11 is 6.89. The molecule has 0 spiro atoms. The van der Waals surface area contributed by atoms with Crippen LogP contribution in [-0.2, 0) is 9.47 Å². The largest absolute Gasteiger partial charge is 0.462 e. The summed E-state index contributed by atoms with van der Waals surface area (Å²) in [6.07, 6.45) is 0. The van der Waals surface area contributed by atoms with Crippen LogP contribution in [0.1, 0.15) is 48.7 Å². The molecule has 24 heavy (non-hydrogen) atoms. The van der Waals surface area contributed by atoms with Crippen molar-refractivity contribution in [1.29, 1.82) is 0 Å². The molecule has 0 saturated heterocycles. The summed E-state index contributed by atoms with van der Waals surface area (Å²) in [6, 6.07) is 3.18. The second kappa shape index (κ2) is 7.63. The van der Waals surface area contributed by atoms with Gasteiger partial charge in [-0.25, -0.2) is 9.59 Å². The van der Waals surface area contributed by atoms with Gasteiger partial charge in [0.15, 0.2) is 6.61 Å². The molecule has 6 nitrogen and oxygen atoms in total. The lowest BCUT2D eigenvalue weighted by atomic mass is 10.1. The Labute approximate surface area is 147 Å². The number of H-pyrrole nitrogens is 1. The number of esters is 2. The van der Waals surface area contributed by atoms with Crippen LogP contribution < -0.4 is 0 Å². The van der Waals surface area contributed by atoms with Crippen molar-refractivity contribution in [3.05, 3.63) is 43.9 Å². The Morgan fingerprint density at radius 3 is 2.46 bits per heavy atom. The Kier molecular flexibility index (Phi) is 5.80. The minimum atomic E-state index is -0.706. The van der Waals surface area contributed by atoms with E-state index in [-0.39, 0.29) is 18.1 Å². The first kappa shape index (κ1) is 18.2. The van der Waals surface area contributed by atoms with Crippen molar-refractivity contribution in [2.45, 2.75) is 20.8 Å². The maximum absolute atomic E-state index is 12.2. The molecule has 0 aliphatic heterocycles. The molecule has 0 atom stereocenters. The maximum atomic E-state index is 12.2. The van der Waals surface area contributed by atoms with Gasteiger partial charge < -0.3 is 14.5 Å². The van der Waals surface area contributed by atoms with Crippen LogP contribution in [0.5, 0.6) is 0 Å². The first-order valence-electron chi connectivity index (χ1n) is 7.17. The lowest BCUT2D eigenvalue weighted by Crippen LogP contribution is -2.14. The normalized spacial score (nSPS) is 10.5. The summed E-state index contributed by atoms with van der Waals surface area (Å²) < 4.78 is 10.5. The number of ketones is 1. The van der Waals surface area contributed by atoms with Crippen molar-refractivity contribution >= 4 is 40.7 Å². The molecule has 0 radical (unpaired) electrons. The van der Waals surface area contributed by atoms with E-state index >= 15 is 0 Å². The van der Waals surface area contributed by atoms with Gasteiger partial charge in [-0.1, -0.05) is 11.6 Å². The standard InChI is InChI=1S/C16H16ClNO5S/c1-4-22-15(20)13-8(2)14(18-9(13)3)16(21)23-7-10(19)11-5-6-12(17)24-11/h5-6,18H,4,7H2,1-3H3. The number of aryl methyl sites for hydroxylation is 1. The van der Waals surface area contributed by atoms with Crippen LogP contribution in [0.2, 0.25) is 4.34 Å². The van der Waals surface area contributed by atoms with E-state index in [1.165, 1.54) is 0 Å². The molecule has 0 fully saturated rings. The number of Topliss-reactive ketones (excluding diaryl/α,β-unsaturated/α-hetero) is 1. The molecule has 0 unspecified atom stereocenters. The van der Waals surface area contributed by atoms with Gasteiger partial charge in [0, 0.05) is 5.69 Å². The number of rotatable bonds is 6. The Bertz CT molecular complexity index is 792. The summed E-state index contributed by atoms with van der Waals surface area (Å²) in [4.78, 5) is 39.3. The number of aromatic amines is 1. The minimum Gasteiger partial charge on any atom is -0.462 e. The number of thiophene rings is 1.